The molecule has 3 aromatic heterocycles. The second-order valence-corrected chi connectivity index (χ2v) is 12.3. The van der Waals surface area contributed by atoms with Crippen molar-refractivity contribution in [1.82, 2.24) is 34.8 Å². The Balaban J connectivity index is 1.36. The predicted octanol–water partition coefficient (Wildman–Crippen LogP) is 4.17. The largest absolute Gasteiger partial charge is 0.459 e. The van der Waals surface area contributed by atoms with Crippen LogP contribution in [0.1, 0.15) is 67.1 Å². The Bertz CT molecular complexity index is 1430. The minimum absolute atomic E-state index is 0.00180. The van der Waals surface area contributed by atoms with Crippen LogP contribution in [-0.2, 0) is 18.4 Å². The van der Waals surface area contributed by atoms with E-state index in [4.69, 9.17) is 14.9 Å². The molecule has 1 aliphatic carbocycles. The lowest BCUT2D eigenvalue weighted by Crippen LogP contribution is -2.42. The summed E-state index contributed by atoms with van der Waals surface area (Å²) in [4.78, 5) is 19.3. The van der Waals surface area contributed by atoms with Gasteiger partial charge in [-0.15, -0.1) is 16.4 Å². The lowest BCUT2D eigenvalue weighted by molar-refractivity contribution is 0.112. The van der Waals surface area contributed by atoms with Gasteiger partial charge in [-0.05, 0) is 77.9 Å². The highest BCUT2D eigenvalue weighted by Gasteiger charge is 2.46. The molecule has 39 heavy (non-hydrogen) atoms. The van der Waals surface area contributed by atoms with Gasteiger partial charge in [-0.1, -0.05) is 5.21 Å². The Morgan fingerprint density at radius 3 is 2.85 bits per heavy atom. The molecule has 0 saturated carbocycles. The summed E-state index contributed by atoms with van der Waals surface area (Å²) in [5, 5.41) is 20.4. The molecule has 1 spiro atoms. The fraction of sp³-hybridized carbons (Fsp3) is 0.571. The zero-order chi connectivity index (χ0) is 27.1. The molecule has 1 fully saturated rings. The highest BCUT2D eigenvalue weighted by Crippen LogP contribution is 2.52. The highest BCUT2D eigenvalue weighted by molar-refractivity contribution is 7.16. The monoisotopic (exact) mass is 545 g/mol. The summed E-state index contributed by atoms with van der Waals surface area (Å²) >= 11 is 1.64. The fourth-order valence-electron chi connectivity index (χ4n) is 6.65. The first-order valence-electron chi connectivity index (χ1n) is 13.8. The zero-order valence-corrected chi connectivity index (χ0v) is 23.9. The van der Waals surface area contributed by atoms with Gasteiger partial charge in [0.15, 0.2) is 0 Å². The fourth-order valence-corrected chi connectivity index (χ4v) is 7.87. The van der Waals surface area contributed by atoms with E-state index in [1.54, 1.807) is 23.9 Å². The van der Waals surface area contributed by atoms with Gasteiger partial charge < -0.3 is 9.64 Å². The number of fused-ring (bicyclic) bond motifs is 4. The maximum atomic E-state index is 10.3. The van der Waals surface area contributed by atoms with E-state index in [9.17, 15) is 5.26 Å². The number of ether oxygens (including phenoxy) is 1. The number of nitrogens with zero attached hydrogens (tertiary/aromatic N) is 9. The molecule has 6 rings (SSSR count). The van der Waals surface area contributed by atoms with Gasteiger partial charge in [0.05, 0.1) is 28.8 Å². The molecule has 0 amide bonds. The van der Waals surface area contributed by atoms with Crippen LogP contribution >= 0.6 is 11.3 Å². The molecular formula is C28H35N9OS. The smallest absolute Gasteiger partial charge is 0.317 e. The number of likely N-dealkylation sites (N-methyl/N-ethyl adjacent to an activating group) is 1. The predicted molar refractivity (Wildman–Crippen MR) is 151 cm³/mol. The maximum absolute atomic E-state index is 10.3. The van der Waals surface area contributed by atoms with Crippen LogP contribution in [0.15, 0.2) is 17.3 Å². The van der Waals surface area contributed by atoms with Crippen LogP contribution in [-0.4, -0.2) is 80.9 Å². The number of hydrogen-bond donors (Lipinski definition) is 0. The second kappa shape index (κ2) is 10.3. The minimum atomic E-state index is -0.381. The van der Waals surface area contributed by atoms with Crippen LogP contribution in [0.5, 0.6) is 6.01 Å². The number of rotatable bonds is 6. The zero-order valence-electron chi connectivity index (χ0n) is 23.1. The van der Waals surface area contributed by atoms with Gasteiger partial charge in [0.2, 0.25) is 0 Å². The van der Waals surface area contributed by atoms with Gasteiger partial charge in [0.1, 0.15) is 22.9 Å². The second-order valence-electron chi connectivity index (χ2n) is 11.2. The van der Waals surface area contributed by atoms with Gasteiger partial charge in [0.25, 0.3) is 0 Å². The number of aromatic nitrogens is 5. The number of aryl methyl sites for hydroxylation is 1. The summed E-state index contributed by atoms with van der Waals surface area (Å²) < 4.78 is 8.32. The third-order valence-corrected chi connectivity index (χ3v) is 9.56. The molecule has 0 N–H and O–H groups in total. The Hall–Kier alpha value is -3.36. The van der Waals surface area contributed by atoms with Crippen molar-refractivity contribution in [2.75, 3.05) is 27.7 Å². The van der Waals surface area contributed by atoms with Crippen LogP contribution < -0.4 is 4.74 Å². The van der Waals surface area contributed by atoms with Gasteiger partial charge in [-0.2, -0.15) is 10.2 Å². The number of nitriles is 1. The molecule has 0 radical (unpaired) electrons. The van der Waals surface area contributed by atoms with Crippen molar-refractivity contribution >= 4 is 22.7 Å². The molecule has 3 aromatic rings. The van der Waals surface area contributed by atoms with Gasteiger partial charge in [-0.3, -0.25) is 4.90 Å². The molecule has 2 aliphatic heterocycles. The molecule has 1 unspecified atom stereocenters. The summed E-state index contributed by atoms with van der Waals surface area (Å²) in [7, 11) is 6.02. The summed E-state index contributed by atoms with van der Waals surface area (Å²) in [5.41, 5.74) is 3.97. The number of thiophene rings is 1. The van der Waals surface area contributed by atoms with E-state index in [0.29, 0.717) is 17.6 Å². The third kappa shape index (κ3) is 4.49. The number of likely N-dealkylation sites (tertiary alicyclic amines) is 1. The lowest BCUT2D eigenvalue weighted by atomic mass is 9.73. The normalized spacial score (nSPS) is 23.5. The molecular weight excluding hydrogens is 510 g/mol. The first-order chi connectivity index (χ1) is 18.9. The summed E-state index contributed by atoms with van der Waals surface area (Å²) in [5.74, 6) is 0. The molecule has 0 bridgehead atoms. The Kier molecular flexibility index (Phi) is 6.85. The molecule has 5 heterocycles. The molecule has 10 nitrogen and oxygen atoms in total. The summed E-state index contributed by atoms with van der Waals surface area (Å²) in [6.07, 6.45) is 11.6. The molecule has 0 aromatic carbocycles. The molecule has 11 heteroatoms. The first-order valence-corrected chi connectivity index (χ1v) is 14.6. The average Bonchev–Trinajstić information content (AvgIpc) is 3.65. The van der Waals surface area contributed by atoms with Gasteiger partial charge in [0, 0.05) is 36.8 Å². The van der Waals surface area contributed by atoms with Crippen molar-refractivity contribution in [3.8, 4) is 23.5 Å². The quantitative estimate of drug-likeness (QED) is 0.336. The van der Waals surface area contributed by atoms with Crippen molar-refractivity contribution < 1.29 is 4.74 Å². The standard InChI is InChI=1S/C28H35N9OS/c1-18(21-9-7-15-36(21)4)38-27-30-14-11-20(32-27)25-22-8-5-12-28(37(22)34-33-25)13-6-10-23-24(28)19(16-29)26(39-23)31-17-35(2)3/h11,14,17-18,21H,5-10,12-13,15H2,1-4H3/b31-17+/t18-,21-,28?/m0/s1. The third-order valence-electron chi connectivity index (χ3n) is 8.40. The van der Waals surface area contributed by atoms with Crippen LogP contribution in [0.2, 0.25) is 0 Å². The van der Waals surface area contributed by atoms with Crippen molar-refractivity contribution in [3.05, 3.63) is 34.0 Å². The topological polar surface area (TPSA) is 108 Å². The Labute approximate surface area is 233 Å². The van der Waals surface area contributed by atoms with Crippen LogP contribution in [0.25, 0.3) is 11.4 Å². The van der Waals surface area contributed by atoms with E-state index >= 15 is 0 Å². The van der Waals surface area contributed by atoms with Gasteiger partial charge in [-0.25, -0.2) is 14.7 Å². The maximum Gasteiger partial charge on any atom is 0.317 e. The van der Waals surface area contributed by atoms with Crippen molar-refractivity contribution in [2.45, 2.75) is 76.0 Å². The lowest BCUT2D eigenvalue weighted by Gasteiger charge is -2.41. The van der Waals surface area contributed by atoms with E-state index < -0.39 is 0 Å². The molecule has 204 valence electrons. The van der Waals surface area contributed by atoms with Crippen LogP contribution in [0.4, 0.5) is 5.00 Å². The van der Waals surface area contributed by atoms with Crippen molar-refractivity contribution in [2.24, 2.45) is 4.99 Å². The summed E-state index contributed by atoms with van der Waals surface area (Å²) in [6.45, 7) is 3.19. The van der Waals surface area contributed by atoms with E-state index in [1.165, 1.54) is 11.3 Å². The SMILES string of the molecule is C[C@H](Oc1nccc(-c2nnn3c2CCCC32CCCc3sc(/N=C/N(C)C)c(C#N)c32)n1)[C@@H]1CCCN1C. The van der Waals surface area contributed by atoms with Crippen LogP contribution in [0, 0.1) is 11.3 Å². The summed E-state index contributed by atoms with van der Waals surface area (Å²) in [6, 6.07) is 5.12. The molecule has 1 saturated heterocycles. The molecule has 3 atom stereocenters. The van der Waals surface area contributed by atoms with E-state index in [-0.39, 0.29) is 11.6 Å². The van der Waals surface area contributed by atoms with Gasteiger partial charge >= 0.3 is 6.01 Å². The minimum Gasteiger partial charge on any atom is -0.459 e. The van der Waals surface area contributed by atoms with Crippen molar-refractivity contribution in [3.63, 3.8) is 0 Å². The van der Waals surface area contributed by atoms with E-state index in [2.05, 4.69) is 44.7 Å². The molecule has 3 aliphatic rings. The first kappa shape index (κ1) is 25.9. The van der Waals surface area contributed by atoms with E-state index in [0.717, 1.165) is 79.1 Å². The number of hydrogen-bond acceptors (Lipinski definition) is 9. The Morgan fingerprint density at radius 2 is 2.10 bits per heavy atom. The van der Waals surface area contributed by atoms with E-state index in [1.807, 2.05) is 25.1 Å². The Morgan fingerprint density at radius 1 is 1.28 bits per heavy atom. The average molecular weight is 546 g/mol. The van der Waals surface area contributed by atoms with Crippen molar-refractivity contribution in [1.29, 1.82) is 5.26 Å². The van der Waals surface area contributed by atoms with Crippen LogP contribution in [0.3, 0.4) is 0 Å². The highest BCUT2D eigenvalue weighted by atomic mass is 32.1. The number of aliphatic imine (C=N–C) groups is 1.